The van der Waals surface area contributed by atoms with Gasteiger partial charge in [-0.1, -0.05) is 67.2 Å². The first-order valence-corrected chi connectivity index (χ1v) is 13.0. The number of nitrogens with one attached hydrogen (secondary N) is 1. The summed E-state index contributed by atoms with van der Waals surface area (Å²) in [6, 6.07) is 16.4. The number of carbonyl (C=O) groups excluding carboxylic acids is 1. The summed E-state index contributed by atoms with van der Waals surface area (Å²) in [4.78, 5) is 18.9. The molecule has 0 atom stereocenters. The Morgan fingerprint density at radius 2 is 1.86 bits per heavy atom. The van der Waals surface area contributed by atoms with Gasteiger partial charge in [0.1, 0.15) is 10.4 Å². The number of imidazole rings is 1. The highest BCUT2D eigenvalue weighted by molar-refractivity contribution is 7.99. The number of rotatable bonds is 8. The summed E-state index contributed by atoms with van der Waals surface area (Å²) in [5, 5.41) is 15.6. The minimum absolute atomic E-state index is 0.348. The predicted octanol–water partition coefficient (Wildman–Crippen LogP) is 5.59. The van der Waals surface area contributed by atoms with Crippen molar-refractivity contribution in [2.24, 2.45) is 0 Å². The quantitative estimate of drug-likeness (QED) is 0.217. The average Bonchev–Trinajstić information content (AvgIpc) is 3.61. The second-order valence-electron chi connectivity index (χ2n) is 7.94. The minimum atomic E-state index is -0.348. The number of fused-ring (bicyclic) bond motifs is 1. The Bertz CT molecular complexity index is 1490. The number of tetrazole rings is 1. The molecule has 0 aliphatic heterocycles. The first-order chi connectivity index (χ1) is 17.1. The van der Waals surface area contributed by atoms with Gasteiger partial charge in [-0.3, -0.25) is 0 Å². The second kappa shape index (κ2) is 10.0. The third kappa shape index (κ3) is 4.35. The fourth-order valence-corrected chi connectivity index (χ4v) is 6.03. The summed E-state index contributed by atoms with van der Waals surface area (Å²) in [5.41, 5.74) is 5.84. The van der Waals surface area contributed by atoms with E-state index in [0.29, 0.717) is 22.8 Å². The molecule has 0 bridgehead atoms. The molecule has 5 aromatic rings. The lowest BCUT2D eigenvalue weighted by atomic mass is 9.95. The summed E-state index contributed by atoms with van der Waals surface area (Å²) in [6.07, 6.45) is 1.03. The number of methoxy groups -OCH3 is 1. The number of nitrogens with zero attached hydrogens (tertiary/aromatic N) is 5. The van der Waals surface area contributed by atoms with Crippen LogP contribution in [0.4, 0.5) is 0 Å². The van der Waals surface area contributed by atoms with Gasteiger partial charge in [-0.25, -0.2) is 9.78 Å². The van der Waals surface area contributed by atoms with Crippen molar-refractivity contribution >= 4 is 40.1 Å². The number of thioether (sulfide) groups is 1. The molecule has 0 saturated heterocycles. The lowest BCUT2D eigenvalue weighted by molar-refractivity contribution is 0.0608. The Balaban J connectivity index is 1.65. The van der Waals surface area contributed by atoms with Crippen LogP contribution in [-0.2, 0) is 11.3 Å². The van der Waals surface area contributed by atoms with Crippen LogP contribution in [0.2, 0.25) is 0 Å². The zero-order valence-electron chi connectivity index (χ0n) is 19.6. The number of aryl methyl sites for hydroxylation is 1. The first-order valence-electron chi connectivity index (χ1n) is 11.2. The van der Waals surface area contributed by atoms with E-state index in [9.17, 15) is 4.79 Å². The summed E-state index contributed by atoms with van der Waals surface area (Å²) in [5.74, 6) is 1.15. The molecule has 0 unspecified atom stereocenters. The Hall–Kier alpha value is -3.50. The predicted molar refractivity (Wildman–Crippen MR) is 139 cm³/mol. The van der Waals surface area contributed by atoms with Gasteiger partial charge in [-0.05, 0) is 35.2 Å². The van der Waals surface area contributed by atoms with E-state index in [-0.39, 0.29) is 5.97 Å². The minimum Gasteiger partial charge on any atom is -0.465 e. The molecule has 1 N–H and O–H groups in total. The lowest BCUT2D eigenvalue weighted by Crippen LogP contribution is -2.04. The zero-order chi connectivity index (χ0) is 24.4. The number of aromatic nitrogens is 6. The number of esters is 1. The summed E-state index contributed by atoms with van der Waals surface area (Å²) in [6.45, 7) is 4.79. The molecule has 0 aliphatic carbocycles. The standard InChI is InChI=1S/C25H24N6O2S2/c1-4-13-34-25-26-20-21(15(2)35-22(20)24(32)33-3)31(25)14-16-9-5-6-10-17(16)18-11-7-8-12-19(18)23-27-29-30-28-23/h5-12H,4,13-14H2,1-3H3,(H,27,28,29,30). The number of carbonyl (C=O) groups is 1. The molecule has 2 aromatic carbocycles. The highest BCUT2D eigenvalue weighted by atomic mass is 32.2. The number of aromatic amines is 1. The summed E-state index contributed by atoms with van der Waals surface area (Å²) < 4.78 is 7.25. The van der Waals surface area contributed by atoms with Crippen LogP contribution < -0.4 is 0 Å². The maximum absolute atomic E-state index is 12.4. The lowest BCUT2D eigenvalue weighted by Gasteiger charge is -2.15. The van der Waals surface area contributed by atoms with Gasteiger partial charge in [0.2, 0.25) is 5.82 Å². The Labute approximate surface area is 210 Å². The molecule has 5 rings (SSSR count). The molecule has 8 nitrogen and oxygen atoms in total. The number of ether oxygens (including phenoxy) is 1. The fourth-order valence-electron chi connectivity index (χ4n) is 4.16. The topological polar surface area (TPSA) is 98.6 Å². The van der Waals surface area contributed by atoms with E-state index in [2.05, 4.69) is 50.3 Å². The van der Waals surface area contributed by atoms with Crippen molar-refractivity contribution in [1.82, 2.24) is 30.2 Å². The number of benzene rings is 2. The third-order valence-corrected chi connectivity index (χ3v) is 7.94. The largest absolute Gasteiger partial charge is 0.465 e. The second-order valence-corrected chi connectivity index (χ2v) is 10.2. The fraction of sp³-hybridized carbons (Fsp3) is 0.240. The number of H-pyrrole nitrogens is 1. The number of hydrogen-bond donors (Lipinski definition) is 1. The highest BCUT2D eigenvalue weighted by Crippen LogP contribution is 2.37. The molecule has 0 saturated carbocycles. The SMILES string of the molecule is CCCSc1nc2c(C(=O)OC)sc(C)c2n1Cc1ccccc1-c1ccccc1-c1nn[nH]n1. The van der Waals surface area contributed by atoms with Crippen molar-refractivity contribution in [3.63, 3.8) is 0 Å². The first kappa shape index (κ1) is 23.3. The zero-order valence-corrected chi connectivity index (χ0v) is 21.2. The molecule has 0 fully saturated rings. The van der Waals surface area contributed by atoms with Crippen molar-refractivity contribution in [3.05, 3.63) is 63.8 Å². The molecule has 0 amide bonds. The maximum atomic E-state index is 12.4. The van der Waals surface area contributed by atoms with Crippen molar-refractivity contribution in [3.8, 4) is 22.5 Å². The Morgan fingerprint density at radius 3 is 2.57 bits per heavy atom. The van der Waals surface area contributed by atoms with Crippen molar-refractivity contribution in [1.29, 1.82) is 0 Å². The normalized spacial score (nSPS) is 11.3. The Morgan fingerprint density at radius 1 is 1.11 bits per heavy atom. The summed E-state index contributed by atoms with van der Waals surface area (Å²) in [7, 11) is 1.41. The third-order valence-electron chi connectivity index (χ3n) is 5.69. The van der Waals surface area contributed by atoms with Crippen LogP contribution in [0.25, 0.3) is 33.5 Å². The highest BCUT2D eigenvalue weighted by Gasteiger charge is 2.24. The van der Waals surface area contributed by atoms with Gasteiger partial charge in [0.05, 0.1) is 19.2 Å². The number of thiophene rings is 1. The van der Waals surface area contributed by atoms with Gasteiger partial charge in [-0.15, -0.1) is 21.5 Å². The molecule has 10 heteroatoms. The van der Waals surface area contributed by atoms with Gasteiger partial charge in [0, 0.05) is 16.2 Å². The van der Waals surface area contributed by atoms with E-state index in [4.69, 9.17) is 9.72 Å². The van der Waals surface area contributed by atoms with Crippen LogP contribution in [0.3, 0.4) is 0 Å². The van der Waals surface area contributed by atoms with Gasteiger partial charge in [0.25, 0.3) is 0 Å². The van der Waals surface area contributed by atoms with Crippen molar-refractivity contribution in [2.75, 3.05) is 12.9 Å². The van der Waals surface area contributed by atoms with Gasteiger partial charge >= 0.3 is 5.97 Å². The molecule has 0 radical (unpaired) electrons. The van der Waals surface area contributed by atoms with Gasteiger partial charge < -0.3 is 9.30 Å². The van der Waals surface area contributed by atoms with Crippen LogP contribution in [0.5, 0.6) is 0 Å². The molecule has 3 aromatic heterocycles. The van der Waals surface area contributed by atoms with Crippen molar-refractivity contribution < 1.29 is 9.53 Å². The molecular formula is C25H24N6O2S2. The van der Waals surface area contributed by atoms with E-state index in [1.54, 1.807) is 11.8 Å². The van der Waals surface area contributed by atoms with E-state index < -0.39 is 0 Å². The van der Waals surface area contributed by atoms with Crippen LogP contribution in [0, 0.1) is 6.92 Å². The number of hydrogen-bond acceptors (Lipinski definition) is 8. The van der Waals surface area contributed by atoms with Gasteiger partial charge in [0.15, 0.2) is 5.16 Å². The van der Waals surface area contributed by atoms with Crippen LogP contribution >= 0.6 is 23.1 Å². The van der Waals surface area contributed by atoms with Gasteiger partial charge in [-0.2, -0.15) is 5.21 Å². The van der Waals surface area contributed by atoms with E-state index >= 15 is 0 Å². The molecule has 35 heavy (non-hydrogen) atoms. The smallest absolute Gasteiger partial charge is 0.350 e. The monoisotopic (exact) mass is 504 g/mol. The maximum Gasteiger partial charge on any atom is 0.350 e. The van der Waals surface area contributed by atoms with Crippen molar-refractivity contribution in [2.45, 2.75) is 32.0 Å². The van der Waals surface area contributed by atoms with E-state index in [1.807, 2.05) is 37.3 Å². The molecule has 0 aliphatic rings. The van der Waals surface area contributed by atoms with Crippen LogP contribution in [0.15, 0.2) is 53.7 Å². The molecule has 3 heterocycles. The van der Waals surface area contributed by atoms with E-state index in [0.717, 1.165) is 50.0 Å². The summed E-state index contributed by atoms with van der Waals surface area (Å²) >= 11 is 3.14. The average molecular weight is 505 g/mol. The van der Waals surface area contributed by atoms with Crippen LogP contribution in [0.1, 0.15) is 33.5 Å². The van der Waals surface area contributed by atoms with E-state index in [1.165, 1.54) is 18.4 Å². The molecule has 178 valence electrons. The molecular weight excluding hydrogens is 480 g/mol. The Kier molecular flexibility index (Phi) is 6.65. The molecule has 0 spiro atoms. The van der Waals surface area contributed by atoms with Crippen LogP contribution in [-0.4, -0.2) is 49.0 Å².